The molecule has 4 heteroatoms. The molecule has 3 heterocycles. The molecule has 2 aliphatic heterocycles. The molecule has 0 aliphatic carbocycles. The van der Waals surface area contributed by atoms with Crippen molar-refractivity contribution in [3.63, 3.8) is 0 Å². The average molecular weight is 330 g/mol. The molecule has 0 radical (unpaired) electrons. The van der Waals surface area contributed by atoms with Crippen LogP contribution in [0.1, 0.15) is 31.2 Å². The predicted molar refractivity (Wildman–Crippen MR) is 97.4 cm³/mol. The Labute approximate surface area is 142 Å². The van der Waals surface area contributed by atoms with Crippen molar-refractivity contribution in [3.05, 3.63) is 30.0 Å². The lowest BCUT2D eigenvalue weighted by Crippen LogP contribution is -2.44. The van der Waals surface area contributed by atoms with Gasteiger partial charge in [-0.3, -0.25) is 4.90 Å². The Bertz CT molecular complexity index is 662. The van der Waals surface area contributed by atoms with Gasteiger partial charge in [0.1, 0.15) is 0 Å². The van der Waals surface area contributed by atoms with Gasteiger partial charge in [-0.05, 0) is 68.7 Å². The minimum atomic E-state index is 0.642. The van der Waals surface area contributed by atoms with Crippen LogP contribution in [-0.4, -0.2) is 48.0 Å². The van der Waals surface area contributed by atoms with Crippen molar-refractivity contribution in [3.8, 4) is 0 Å². The van der Waals surface area contributed by atoms with Crippen LogP contribution in [0.25, 0.3) is 10.9 Å². The lowest BCUT2D eigenvalue weighted by molar-refractivity contribution is 0.0129. The maximum Gasteiger partial charge on any atom is 0.0621 e. The maximum atomic E-state index is 5.73. The van der Waals surface area contributed by atoms with Crippen LogP contribution in [0.2, 0.25) is 0 Å². The maximum absolute atomic E-state index is 5.73. The minimum absolute atomic E-state index is 0.642. The topological polar surface area (TPSA) is 28.3 Å². The molecular formula is C19H26N2OS. The normalized spacial score (nSPS) is 26.1. The van der Waals surface area contributed by atoms with Gasteiger partial charge in [-0.2, -0.15) is 0 Å². The van der Waals surface area contributed by atoms with E-state index < -0.39 is 0 Å². The van der Waals surface area contributed by atoms with E-state index in [1.807, 2.05) is 11.8 Å². The molecule has 1 aromatic heterocycles. The van der Waals surface area contributed by atoms with E-state index in [9.17, 15) is 0 Å². The molecule has 2 atom stereocenters. The van der Waals surface area contributed by atoms with Gasteiger partial charge in [0.15, 0.2) is 0 Å². The van der Waals surface area contributed by atoms with Gasteiger partial charge in [0.25, 0.3) is 0 Å². The van der Waals surface area contributed by atoms with Gasteiger partial charge >= 0.3 is 0 Å². The lowest BCUT2D eigenvalue weighted by atomic mass is 10.0. The molecule has 0 amide bonds. The molecule has 3 nitrogen and oxygen atoms in total. The lowest BCUT2D eigenvalue weighted by Gasteiger charge is -2.35. The first kappa shape index (κ1) is 15.6. The number of rotatable bonds is 4. The zero-order valence-corrected chi connectivity index (χ0v) is 14.7. The Morgan fingerprint density at radius 3 is 3.09 bits per heavy atom. The molecule has 0 unspecified atom stereocenters. The standard InChI is InChI=1S/C19H26N2OS/c1-23-17-6-7-19-18(11-17)14(12-20-19)10-15-4-2-8-21(15)16-5-3-9-22-13-16/h6-7,11-12,15-16,20H,2-5,8-10,13H2,1H3/t15-,16-/m1/s1. The van der Waals surface area contributed by atoms with Crippen molar-refractivity contribution in [1.82, 2.24) is 9.88 Å². The van der Waals surface area contributed by atoms with Gasteiger partial charge in [0.05, 0.1) is 6.61 Å². The highest BCUT2D eigenvalue weighted by Crippen LogP contribution is 2.30. The number of aromatic nitrogens is 1. The van der Waals surface area contributed by atoms with Crippen molar-refractivity contribution in [2.75, 3.05) is 26.0 Å². The molecule has 2 saturated heterocycles. The van der Waals surface area contributed by atoms with Crippen LogP contribution in [0.5, 0.6) is 0 Å². The van der Waals surface area contributed by atoms with Crippen LogP contribution in [0.4, 0.5) is 0 Å². The summed E-state index contributed by atoms with van der Waals surface area (Å²) in [7, 11) is 0. The number of likely N-dealkylation sites (tertiary alicyclic amines) is 1. The Kier molecular flexibility index (Phi) is 4.65. The summed E-state index contributed by atoms with van der Waals surface area (Å²) in [6, 6.07) is 8.08. The molecule has 1 N–H and O–H groups in total. The van der Waals surface area contributed by atoms with Gasteiger partial charge in [0, 0.05) is 40.7 Å². The van der Waals surface area contributed by atoms with E-state index in [4.69, 9.17) is 4.74 Å². The Balaban J connectivity index is 1.54. The van der Waals surface area contributed by atoms with E-state index in [0.29, 0.717) is 12.1 Å². The second kappa shape index (κ2) is 6.88. The molecule has 2 fully saturated rings. The smallest absolute Gasteiger partial charge is 0.0621 e. The van der Waals surface area contributed by atoms with Crippen LogP contribution in [0, 0.1) is 0 Å². The first-order valence-corrected chi connectivity index (χ1v) is 10.0. The van der Waals surface area contributed by atoms with E-state index >= 15 is 0 Å². The van der Waals surface area contributed by atoms with Crippen molar-refractivity contribution in [1.29, 1.82) is 0 Å². The summed E-state index contributed by atoms with van der Waals surface area (Å²) in [6.45, 7) is 3.13. The van der Waals surface area contributed by atoms with E-state index in [1.54, 1.807) is 0 Å². The van der Waals surface area contributed by atoms with E-state index in [2.05, 4.69) is 40.5 Å². The summed E-state index contributed by atoms with van der Waals surface area (Å²) in [4.78, 5) is 7.54. The largest absolute Gasteiger partial charge is 0.380 e. The number of ether oxygens (including phenoxy) is 1. The number of nitrogens with one attached hydrogen (secondary N) is 1. The fourth-order valence-electron chi connectivity index (χ4n) is 4.25. The Hall–Kier alpha value is -0.970. The highest BCUT2D eigenvalue weighted by molar-refractivity contribution is 7.98. The zero-order chi connectivity index (χ0) is 15.6. The van der Waals surface area contributed by atoms with E-state index in [-0.39, 0.29) is 0 Å². The Morgan fingerprint density at radius 2 is 2.26 bits per heavy atom. The van der Waals surface area contributed by atoms with Gasteiger partial charge in [-0.1, -0.05) is 0 Å². The summed E-state index contributed by atoms with van der Waals surface area (Å²) in [5.41, 5.74) is 2.74. The molecule has 1 aromatic carbocycles. The van der Waals surface area contributed by atoms with E-state index in [1.165, 1.54) is 53.6 Å². The summed E-state index contributed by atoms with van der Waals surface area (Å²) < 4.78 is 5.73. The number of thioether (sulfide) groups is 1. The third-order valence-corrected chi connectivity index (χ3v) is 6.18. The summed E-state index contributed by atoms with van der Waals surface area (Å²) in [6.07, 6.45) is 10.7. The fraction of sp³-hybridized carbons (Fsp3) is 0.579. The fourth-order valence-corrected chi connectivity index (χ4v) is 4.69. The van der Waals surface area contributed by atoms with Gasteiger partial charge < -0.3 is 9.72 Å². The summed E-state index contributed by atoms with van der Waals surface area (Å²) >= 11 is 1.82. The molecule has 0 spiro atoms. The molecular weight excluding hydrogens is 304 g/mol. The number of nitrogens with zero attached hydrogens (tertiary/aromatic N) is 1. The van der Waals surface area contributed by atoms with E-state index in [0.717, 1.165) is 19.6 Å². The summed E-state index contributed by atoms with van der Waals surface area (Å²) in [5.74, 6) is 0. The quantitative estimate of drug-likeness (QED) is 0.856. The third-order valence-electron chi connectivity index (χ3n) is 5.46. The molecule has 2 aromatic rings. The number of benzene rings is 1. The molecule has 0 bridgehead atoms. The van der Waals surface area contributed by atoms with Gasteiger partial charge in [0.2, 0.25) is 0 Å². The van der Waals surface area contributed by atoms with Crippen molar-refractivity contribution in [2.45, 2.75) is 49.1 Å². The number of H-pyrrole nitrogens is 1. The average Bonchev–Trinajstić information content (AvgIpc) is 3.23. The molecule has 0 saturated carbocycles. The Morgan fingerprint density at radius 1 is 1.30 bits per heavy atom. The number of aromatic amines is 1. The molecule has 4 rings (SSSR count). The highest BCUT2D eigenvalue weighted by Gasteiger charge is 2.32. The summed E-state index contributed by atoms with van der Waals surface area (Å²) in [5, 5.41) is 1.41. The second-order valence-electron chi connectivity index (χ2n) is 6.83. The molecule has 124 valence electrons. The van der Waals surface area contributed by atoms with Crippen LogP contribution in [0.15, 0.2) is 29.3 Å². The van der Waals surface area contributed by atoms with Gasteiger partial charge in [-0.15, -0.1) is 11.8 Å². The minimum Gasteiger partial charge on any atom is -0.380 e. The monoisotopic (exact) mass is 330 g/mol. The number of hydrogen-bond acceptors (Lipinski definition) is 3. The molecule has 2 aliphatic rings. The molecule has 23 heavy (non-hydrogen) atoms. The van der Waals surface area contributed by atoms with Crippen molar-refractivity contribution >= 4 is 22.7 Å². The van der Waals surface area contributed by atoms with Crippen LogP contribution in [-0.2, 0) is 11.2 Å². The van der Waals surface area contributed by atoms with Crippen LogP contribution < -0.4 is 0 Å². The van der Waals surface area contributed by atoms with Gasteiger partial charge in [-0.25, -0.2) is 0 Å². The van der Waals surface area contributed by atoms with Crippen LogP contribution in [0.3, 0.4) is 0 Å². The van der Waals surface area contributed by atoms with Crippen molar-refractivity contribution in [2.24, 2.45) is 0 Å². The zero-order valence-electron chi connectivity index (χ0n) is 13.9. The predicted octanol–water partition coefficient (Wildman–Crippen LogP) is 4.08. The second-order valence-corrected chi connectivity index (χ2v) is 7.71. The third kappa shape index (κ3) is 3.17. The first-order valence-electron chi connectivity index (χ1n) is 8.82. The first-order chi connectivity index (χ1) is 11.3. The van der Waals surface area contributed by atoms with Crippen LogP contribution >= 0.6 is 11.8 Å². The number of fused-ring (bicyclic) bond motifs is 1. The SMILES string of the molecule is CSc1ccc2[nH]cc(C[C@H]3CCCN3[C@@H]3CCCOC3)c2c1. The highest BCUT2D eigenvalue weighted by atomic mass is 32.2. The number of hydrogen-bond donors (Lipinski definition) is 1. The van der Waals surface area contributed by atoms with Crippen molar-refractivity contribution < 1.29 is 4.74 Å².